The molecule has 0 aliphatic rings. The van der Waals surface area contributed by atoms with Crippen molar-refractivity contribution < 1.29 is 18.0 Å². The minimum atomic E-state index is -4.15. The zero-order valence-corrected chi connectivity index (χ0v) is 24.0. The molecule has 2 amide bonds. The molecule has 7 nitrogen and oxygen atoms in total. The molecule has 202 valence electrons. The molecule has 0 saturated carbocycles. The number of hydrogen-bond donors (Lipinski definition) is 1. The van der Waals surface area contributed by atoms with Crippen molar-refractivity contribution in [2.75, 3.05) is 10.8 Å². The van der Waals surface area contributed by atoms with Crippen molar-refractivity contribution in [3.05, 3.63) is 94.5 Å². The lowest BCUT2D eigenvalue weighted by molar-refractivity contribution is -0.140. The summed E-state index contributed by atoms with van der Waals surface area (Å²) in [6.07, 6.45) is 0. The molecule has 0 aliphatic carbocycles. The third kappa shape index (κ3) is 7.72. The van der Waals surface area contributed by atoms with Gasteiger partial charge in [-0.3, -0.25) is 13.9 Å². The SMILES string of the molecule is C[C@H](C(=O)NC(C)(C)C)N(Cc1cccc(Cl)c1)C(=O)CN(c1cccc(Cl)c1)S(=O)(=O)c1ccccc1. The summed E-state index contributed by atoms with van der Waals surface area (Å²) >= 11 is 12.3. The molecule has 0 saturated heterocycles. The topological polar surface area (TPSA) is 86.8 Å². The van der Waals surface area contributed by atoms with E-state index in [1.165, 1.54) is 23.1 Å². The second-order valence-electron chi connectivity index (χ2n) is 9.87. The first-order valence-corrected chi connectivity index (χ1v) is 14.2. The number of anilines is 1. The van der Waals surface area contributed by atoms with Gasteiger partial charge in [-0.15, -0.1) is 0 Å². The van der Waals surface area contributed by atoms with Crippen LogP contribution < -0.4 is 9.62 Å². The van der Waals surface area contributed by atoms with Crippen LogP contribution in [0.3, 0.4) is 0 Å². The molecule has 0 heterocycles. The van der Waals surface area contributed by atoms with Crippen molar-refractivity contribution in [1.29, 1.82) is 0 Å². The Labute approximate surface area is 234 Å². The van der Waals surface area contributed by atoms with Crippen LogP contribution >= 0.6 is 23.2 Å². The van der Waals surface area contributed by atoms with Crippen molar-refractivity contribution in [2.24, 2.45) is 0 Å². The number of nitrogens with one attached hydrogen (secondary N) is 1. The average Bonchev–Trinajstić information content (AvgIpc) is 2.84. The summed E-state index contributed by atoms with van der Waals surface area (Å²) in [5.74, 6) is -0.936. The molecule has 0 aliphatic heterocycles. The quantitative estimate of drug-likeness (QED) is 0.364. The number of carbonyl (C=O) groups is 2. The highest BCUT2D eigenvalue weighted by Gasteiger charge is 2.33. The van der Waals surface area contributed by atoms with Crippen LogP contribution in [0.5, 0.6) is 0 Å². The smallest absolute Gasteiger partial charge is 0.264 e. The second kappa shape index (κ2) is 12.2. The Kier molecular flexibility index (Phi) is 9.46. The van der Waals surface area contributed by atoms with E-state index < -0.39 is 34.1 Å². The number of nitrogens with zero attached hydrogens (tertiary/aromatic N) is 2. The highest BCUT2D eigenvalue weighted by atomic mass is 35.5. The van der Waals surface area contributed by atoms with Crippen LogP contribution in [0.2, 0.25) is 10.0 Å². The highest BCUT2D eigenvalue weighted by molar-refractivity contribution is 7.92. The Bertz CT molecular complexity index is 1390. The number of sulfonamides is 1. The fraction of sp³-hybridized carbons (Fsp3) is 0.286. The third-order valence-electron chi connectivity index (χ3n) is 5.61. The van der Waals surface area contributed by atoms with E-state index in [0.717, 1.165) is 4.31 Å². The lowest BCUT2D eigenvalue weighted by Gasteiger charge is -2.33. The molecule has 3 aromatic rings. The standard InChI is InChI=1S/C28H31Cl2N3O4S/c1-20(27(35)31-28(2,3)4)32(18-21-10-8-11-22(29)16-21)26(34)19-33(24-13-9-12-23(30)17-24)38(36,37)25-14-6-5-7-15-25/h5-17,20H,18-19H2,1-4H3,(H,31,35)/t20-/m1/s1. The number of amides is 2. The molecular weight excluding hydrogens is 545 g/mol. The maximum Gasteiger partial charge on any atom is 0.264 e. The highest BCUT2D eigenvalue weighted by Crippen LogP contribution is 2.27. The Hall–Kier alpha value is -3.07. The van der Waals surface area contributed by atoms with Crippen LogP contribution in [0.4, 0.5) is 5.69 Å². The van der Waals surface area contributed by atoms with E-state index in [2.05, 4.69) is 5.32 Å². The predicted octanol–water partition coefficient (Wildman–Crippen LogP) is 5.52. The molecular formula is C28H31Cl2N3O4S. The largest absolute Gasteiger partial charge is 0.350 e. The number of rotatable bonds is 9. The average molecular weight is 577 g/mol. The Morgan fingerprint density at radius 3 is 2.08 bits per heavy atom. The molecule has 0 bridgehead atoms. The van der Waals surface area contributed by atoms with Gasteiger partial charge in [-0.05, 0) is 75.7 Å². The van der Waals surface area contributed by atoms with Gasteiger partial charge in [-0.1, -0.05) is 59.6 Å². The monoisotopic (exact) mass is 575 g/mol. The molecule has 1 atom stereocenters. The molecule has 0 spiro atoms. The first-order valence-electron chi connectivity index (χ1n) is 12.0. The van der Waals surface area contributed by atoms with E-state index in [1.807, 2.05) is 20.8 Å². The van der Waals surface area contributed by atoms with Gasteiger partial charge in [0.05, 0.1) is 10.6 Å². The summed E-state index contributed by atoms with van der Waals surface area (Å²) in [4.78, 5) is 28.3. The van der Waals surface area contributed by atoms with Gasteiger partial charge in [0.2, 0.25) is 11.8 Å². The lowest BCUT2D eigenvalue weighted by Crippen LogP contribution is -2.54. The zero-order valence-electron chi connectivity index (χ0n) is 21.7. The van der Waals surface area contributed by atoms with E-state index in [9.17, 15) is 18.0 Å². The van der Waals surface area contributed by atoms with Crippen LogP contribution in [0.25, 0.3) is 0 Å². The molecule has 1 N–H and O–H groups in total. The summed E-state index contributed by atoms with van der Waals surface area (Å²) in [7, 11) is -4.15. The van der Waals surface area contributed by atoms with Crippen molar-refractivity contribution in [1.82, 2.24) is 10.2 Å². The summed E-state index contributed by atoms with van der Waals surface area (Å²) in [6, 6.07) is 20.1. The van der Waals surface area contributed by atoms with Crippen LogP contribution in [0.1, 0.15) is 33.3 Å². The molecule has 0 radical (unpaired) electrons. The number of carbonyl (C=O) groups excluding carboxylic acids is 2. The van der Waals surface area contributed by atoms with Gasteiger partial charge in [-0.25, -0.2) is 8.42 Å². The van der Waals surface area contributed by atoms with Crippen molar-refractivity contribution in [3.63, 3.8) is 0 Å². The Morgan fingerprint density at radius 2 is 1.50 bits per heavy atom. The van der Waals surface area contributed by atoms with Gasteiger partial charge in [0, 0.05) is 22.1 Å². The van der Waals surface area contributed by atoms with E-state index in [0.29, 0.717) is 15.6 Å². The number of halogens is 2. The van der Waals surface area contributed by atoms with Gasteiger partial charge in [-0.2, -0.15) is 0 Å². The first kappa shape index (κ1) is 29.5. The molecule has 10 heteroatoms. The minimum Gasteiger partial charge on any atom is -0.350 e. The second-order valence-corrected chi connectivity index (χ2v) is 12.6. The summed E-state index contributed by atoms with van der Waals surface area (Å²) in [5, 5.41) is 3.69. The molecule has 3 rings (SSSR count). The minimum absolute atomic E-state index is 0.0210. The van der Waals surface area contributed by atoms with Gasteiger partial charge in [0.25, 0.3) is 10.0 Å². The fourth-order valence-corrected chi connectivity index (χ4v) is 5.59. The predicted molar refractivity (Wildman–Crippen MR) is 152 cm³/mol. The van der Waals surface area contributed by atoms with E-state index >= 15 is 0 Å². The molecule has 3 aromatic carbocycles. The summed E-state index contributed by atoms with van der Waals surface area (Å²) in [5.41, 5.74) is 0.394. The Morgan fingerprint density at radius 1 is 0.895 bits per heavy atom. The zero-order chi connectivity index (χ0) is 28.1. The van der Waals surface area contributed by atoms with Crippen LogP contribution in [0.15, 0.2) is 83.8 Å². The molecule has 0 fully saturated rings. The van der Waals surface area contributed by atoms with Gasteiger partial charge in [0.1, 0.15) is 12.6 Å². The maximum absolute atomic E-state index is 13.9. The van der Waals surface area contributed by atoms with Crippen LogP contribution in [0, 0.1) is 0 Å². The Balaban J connectivity index is 2.03. The lowest BCUT2D eigenvalue weighted by atomic mass is 10.1. The van der Waals surface area contributed by atoms with Crippen molar-refractivity contribution in [3.8, 4) is 0 Å². The van der Waals surface area contributed by atoms with Gasteiger partial charge < -0.3 is 10.2 Å². The van der Waals surface area contributed by atoms with Crippen molar-refractivity contribution in [2.45, 2.75) is 50.7 Å². The molecule has 0 unspecified atom stereocenters. The van der Waals surface area contributed by atoms with Crippen LogP contribution in [-0.4, -0.2) is 43.3 Å². The molecule has 38 heavy (non-hydrogen) atoms. The molecule has 0 aromatic heterocycles. The number of benzene rings is 3. The van der Waals surface area contributed by atoms with Crippen molar-refractivity contribution >= 4 is 50.7 Å². The fourth-order valence-electron chi connectivity index (χ4n) is 3.77. The summed E-state index contributed by atoms with van der Waals surface area (Å²) < 4.78 is 28.4. The van der Waals surface area contributed by atoms with E-state index in [1.54, 1.807) is 67.6 Å². The van der Waals surface area contributed by atoms with Gasteiger partial charge >= 0.3 is 0 Å². The number of hydrogen-bond acceptors (Lipinski definition) is 4. The van der Waals surface area contributed by atoms with E-state index in [4.69, 9.17) is 23.2 Å². The van der Waals surface area contributed by atoms with E-state index in [-0.39, 0.29) is 23.0 Å². The summed E-state index contributed by atoms with van der Waals surface area (Å²) in [6.45, 7) is 6.63. The van der Waals surface area contributed by atoms with Gasteiger partial charge in [0.15, 0.2) is 0 Å². The first-order chi connectivity index (χ1) is 17.8. The third-order valence-corrected chi connectivity index (χ3v) is 7.87. The van der Waals surface area contributed by atoms with Crippen LogP contribution in [-0.2, 0) is 26.2 Å². The normalized spacial score (nSPS) is 12.5. The maximum atomic E-state index is 13.9.